The highest BCUT2D eigenvalue weighted by molar-refractivity contribution is 5.74. The Morgan fingerprint density at radius 2 is 2.08 bits per heavy atom. The fourth-order valence-electron chi connectivity index (χ4n) is 3.48. The van der Waals surface area contributed by atoms with Gasteiger partial charge < -0.3 is 9.84 Å². The standard InChI is InChI=1S/C20H23NO3/c1-14-6-3-4-7-17(14)15-9-10-19(24-2)16(12-15)13-21-11-5-8-18(21)20(22)23/h3-4,6-7,9-10,12,18H,5,8,11,13H2,1-2H3,(H,22,23). The maximum absolute atomic E-state index is 11.4. The second-order valence-corrected chi connectivity index (χ2v) is 6.31. The van der Waals surface area contributed by atoms with Crippen molar-refractivity contribution in [3.8, 4) is 16.9 Å². The van der Waals surface area contributed by atoms with Crippen LogP contribution in [0.5, 0.6) is 5.75 Å². The predicted octanol–water partition coefficient (Wildman–Crippen LogP) is 3.72. The molecule has 1 aliphatic rings. The van der Waals surface area contributed by atoms with Gasteiger partial charge in [0.15, 0.2) is 0 Å². The van der Waals surface area contributed by atoms with Gasteiger partial charge in [-0.15, -0.1) is 0 Å². The summed E-state index contributed by atoms with van der Waals surface area (Å²) in [4.78, 5) is 13.4. The van der Waals surface area contributed by atoms with Crippen LogP contribution in [-0.4, -0.2) is 35.7 Å². The Hall–Kier alpha value is -2.33. The SMILES string of the molecule is COc1ccc(-c2ccccc2C)cc1CN1CCCC1C(=O)O. The number of methoxy groups -OCH3 is 1. The van der Waals surface area contributed by atoms with Crippen molar-refractivity contribution in [1.29, 1.82) is 0 Å². The summed E-state index contributed by atoms with van der Waals surface area (Å²) in [6.45, 7) is 3.51. The van der Waals surface area contributed by atoms with E-state index in [-0.39, 0.29) is 0 Å². The van der Waals surface area contributed by atoms with E-state index in [1.165, 1.54) is 11.1 Å². The van der Waals surface area contributed by atoms with Crippen LogP contribution in [0.15, 0.2) is 42.5 Å². The van der Waals surface area contributed by atoms with E-state index in [2.05, 4.69) is 31.2 Å². The average Bonchev–Trinajstić information content (AvgIpc) is 3.04. The highest BCUT2D eigenvalue weighted by atomic mass is 16.5. The van der Waals surface area contributed by atoms with Crippen molar-refractivity contribution in [3.63, 3.8) is 0 Å². The maximum Gasteiger partial charge on any atom is 0.320 e. The van der Waals surface area contributed by atoms with Gasteiger partial charge in [-0.2, -0.15) is 0 Å². The molecule has 0 aromatic heterocycles. The molecule has 0 amide bonds. The van der Waals surface area contributed by atoms with E-state index in [0.717, 1.165) is 36.3 Å². The number of rotatable bonds is 5. The number of carboxylic acid groups (broad SMARTS) is 1. The van der Waals surface area contributed by atoms with Gasteiger partial charge in [-0.05, 0) is 55.1 Å². The zero-order valence-corrected chi connectivity index (χ0v) is 14.2. The van der Waals surface area contributed by atoms with Gasteiger partial charge in [0.1, 0.15) is 11.8 Å². The van der Waals surface area contributed by atoms with Crippen LogP contribution in [0.3, 0.4) is 0 Å². The number of carbonyl (C=O) groups is 1. The first-order valence-electron chi connectivity index (χ1n) is 8.30. The highest BCUT2D eigenvalue weighted by Crippen LogP contribution is 2.31. The Kier molecular flexibility index (Phi) is 4.86. The van der Waals surface area contributed by atoms with E-state index in [4.69, 9.17) is 4.74 Å². The second-order valence-electron chi connectivity index (χ2n) is 6.31. The molecular formula is C20H23NO3. The van der Waals surface area contributed by atoms with Gasteiger partial charge in [0.2, 0.25) is 0 Å². The lowest BCUT2D eigenvalue weighted by molar-refractivity contribution is -0.142. The first-order valence-corrected chi connectivity index (χ1v) is 8.30. The molecule has 2 aromatic carbocycles. The van der Waals surface area contributed by atoms with E-state index in [0.29, 0.717) is 6.54 Å². The summed E-state index contributed by atoms with van der Waals surface area (Å²) in [5, 5.41) is 9.38. The summed E-state index contributed by atoms with van der Waals surface area (Å²) in [5.74, 6) is 0.0740. The lowest BCUT2D eigenvalue weighted by Gasteiger charge is -2.22. The number of aryl methyl sites for hydroxylation is 1. The summed E-state index contributed by atoms with van der Waals surface area (Å²) >= 11 is 0. The highest BCUT2D eigenvalue weighted by Gasteiger charge is 2.30. The fourth-order valence-corrected chi connectivity index (χ4v) is 3.48. The van der Waals surface area contributed by atoms with Crippen molar-refractivity contribution in [2.45, 2.75) is 32.4 Å². The number of aliphatic carboxylic acids is 1. The molecule has 0 aliphatic carbocycles. The number of carboxylic acids is 1. The van der Waals surface area contributed by atoms with E-state index in [9.17, 15) is 9.90 Å². The third kappa shape index (κ3) is 3.29. The van der Waals surface area contributed by atoms with Crippen LogP contribution >= 0.6 is 0 Å². The molecule has 1 saturated heterocycles. The quantitative estimate of drug-likeness (QED) is 0.910. The molecule has 24 heavy (non-hydrogen) atoms. The van der Waals surface area contributed by atoms with Crippen LogP contribution in [0, 0.1) is 6.92 Å². The maximum atomic E-state index is 11.4. The molecule has 1 atom stereocenters. The number of likely N-dealkylation sites (tertiary alicyclic amines) is 1. The summed E-state index contributed by atoms with van der Waals surface area (Å²) in [6, 6.07) is 14.0. The van der Waals surface area contributed by atoms with Gasteiger partial charge in [-0.25, -0.2) is 0 Å². The minimum absolute atomic E-state index is 0.392. The van der Waals surface area contributed by atoms with E-state index >= 15 is 0 Å². The molecule has 0 bridgehead atoms. The number of benzene rings is 2. The molecule has 126 valence electrons. The Balaban J connectivity index is 1.93. The average molecular weight is 325 g/mol. The molecule has 0 saturated carbocycles. The van der Waals surface area contributed by atoms with Gasteiger partial charge in [0, 0.05) is 12.1 Å². The number of hydrogen-bond donors (Lipinski definition) is 1. The summed E-state index contributed by atoms with van der Waals surface area (Å²) in [7, 11) is 1.66. The molecule has 0 radical (unpaired) electrons. The van der Waals surface area contributed by atoms with Crippen molar-refractivity contribution in [2.24, 2.45) is 0 Å². The molecule has 4 heteroatoms. The van der Waals surface area contributed by atoms with Gasteiger partial charge in [-0.3, -0.25) is 9.69 Å². The molecule has 0 spiro atoms. The normalized spacial score (nSPS) is 17.8. The minimum Gasteiger partial charge on any atom is -0.496 e. The van der Waals surface area contributed by atoms with E-state index < -0.39 is 12.0 Å². The first kappa shape index (κ1) is 16.5. The van der Waals surface area contributed by atoms with Gasteiger partial charge >= 0.3 is 5.97 Å². The Morgan fingerprint density at radius 1 is 1.29 bits per heavy atom. The van der Waals surface area contributed by atoms with Crippen LogP contribution in [0.1, 0.15) is 24.0 Å². The second kappa shape index (κ2) is 7.05. The van der Waals surface area contributed by atoms with Crippen LogP contribution in [0.25, 0.3) is 11.1 Å². The molecule has 1 unspecified atom stereocenters. The zero-order valence-electron chi connectivity index (χ0n) is 14.2. The topological polar surface area (TPSA) is 49.8 Å². The number of ether oxygens (including phenoxy) is 1. The Labute approximate surface area is 142 Å². The predicted molar refractivity (Wildman–Crippen MR) is 94.2 cm³/mol. The van der Waals surface area contributed by atoms with Crippen molar-refractivity contribution in [2.75, 3.05) is 13.7 Å². The molecule has 2 aromatic rings. The van der Waals surface area contributed by atoms with Crippen molar-refractivity contribution >= 4 is 5.97 Å². The van der Waals surface area contributed by atoms with Crippen LogP contribution in [0.4, 0.5) is 0 Å². The summed E-state index contributed by atoms with van der Waals surface area (Å²) in [6.07, 6.45) is 1.64. The Morgan fingerprint density at radius 3 is 2.79 bits per heavy atom. The molecule has 1 fully saturated rings. The van der Waals surface area contributed by atoms with Crippen LogP contribution in [0.2, 0.25) is 0 Å². The third-order valence-electron chi connectivity index (χ3n) is 4.76. The van der Waals surface area contributed by atoms with E-state index in [1.54, 1.807) is 7.11 Å². The smallest absolute Gasteiger partial charge is 0.320 e. The summed E-state index contributed by atoms with van der Waals surface area (Å²) in [5.41, 5.74) is 4.58. The minimum atomic E-state index is -0.735. The fraction of sp³-hybridized carbons (Fsp3) is 0.350. The molecule has 4 nitrogen and oxygen atoms in total. The number of hydrogen-bond acceptors (Lipinski definition) is 3. The van der Waals surface area contributed by atoms with Gasteiger partial charge in [0.25, 0.3) is 0 Å². The molecular weight excluding hydrogens is 302 g/mol. The van der Waals surface area contributed by atoms with E-state index in [1.807, 2.05) is 23.1 Å². The molecule has 1 N–H and O–H groups in total. The molecule has 1 heterocycles. The monoisotopic (exact) mass is 325 g/mol. The first-order chi connectivity index (χ1) is 11.6. The van der Waals surface area contributed by atoms with Crippen LogP contribution in [-0.2, 0) is 11.3 Å². The zero-order chi connectivity index (χ0) is 17.1. The summed E-state index contributed by atoms with van der Waals surface area (Å²) < 4.78 is 5.50. The van der Waals surface area contributed by atoms with Gasteiger partial charge in [-0.1, -0.05) is 30.3 Å². The Bertz CT molecular complexity index is 741. The lowest BCUT2D eigenvalue weighted by atomic mass is 9.98. The number of nitrogens with zero attached hydrogens (tertiary/aromatic N) is 1. The van der Waals surface area contributed by atoms with Gasteiger partial charge in [0.05, 0.1) is 7.11 Å². The van der Waals surface area contributed by atoms with Crippen molar-refractivity contribution < 1.29 is 14.6 Å². The lowest BCUT2D eigenvalue weighted by Crippen LogP contribution is -2.35. The molecule has 3 rings (SSSR count). The third-order valence-corrected chi connectivity index (χ3v) is 4.76. The molecule has 1 aliphatic heterocycles. The van der Waals surface area contributed by atoms with Crippen molar-refractivity contribution in [1.82, 2.24) is 4.90 Å². The van der Waals surface area contributed by atoms with Crippen molar-refractivity contribution in [3.05, 3.63) is 53.6 Å². The van der Waals surface area contributed by atoms with Crippen LogP contribution < -0.4 is 4.74 Å². The largest absolute Gasteiger partial charge is 0.496 e.